The minimum Gasteiger partial charge on any atom is -0.294 e. The van der Waals surface area contributed by atoms with Crippen LogP contribution in [0.2, 0.25) is 5.02 Å². The van der Waals surface area contributed by atoms with Crippen molar-refractivity contribution in [3.05, 3.63) is 51.6 Å². The molecule has 0 fully saturated rings. The van der Waals surface area contributed by atoms with Crippen molar-refractivity contribution in [3.63, 3.8) is 0 Å². The van der Waals surface area contributed by atoms with Gasteiger partial charge >= 0.3 is 0 Å². The molecule has 0 aliphatic heterocycles. The van der Waals surface area contributed by atoms with Crippen LogP contribution in [-0.4, -0.2) is 5.78 Å². The number of carbonyl (C=O) groups excluding carboxylic acids is 1. The average Bonchev–Trinajstić information content (AvgIpc) is 2.60. The Bertz CT molecular complexity index is 550. The van der Waals surface area contributed by atoms with Gasteiger partial charge in [0.2, 0.25) is 0 Å². The zero-order chi connectivity index (χ0) is 12.6. The molecule has 1 aliphatic carbocycles. The lowest BCUT2D eigenvalue weighted by atomic mass is 9.94. The Morgan fingerprint density at radius 3 is 2.53 bits per heavy atom. The highest BCUT2D eigenvalue weighted by atomic mass is 35.5. The SMILES string of the molecule is CC(=O)c1cc(Cl)ccc1C1=C(C)C(C)=CC1. The van der Waals surface area contributed by atoms with E-state index in [-0.39, 0.29) is 5.78 Å². The van der Waals surface area contributed by atoms with E-state index in [1.165, 1.54) is 16.7 Å². The van der Waals surface area contributed by atoms with Crippen molar-refractivity contribution in [3.8, 4) is 0 Å². The van der Waals surface area contributed by atoms with Gasteiger partial charge in [-0.2, -0.15) is 0 Å². The van der Waals surface area contributed by atoms with Gasteiger partial charge in [0.25, 0.3) is 0 Å². The summed E-state index contributed by atoms with van der Waals surface area (Å²) in [7, 11) is 0. The second-order valence-corrected chi connectivity index (χ2v) is 4.88. The number of halogens is 1. The molecule has 2 rings (SSSR count). The molecule has 2 heteroatoms. The van der Waals surface area contributed by atoms with Crippen LogP contribution in [0, 0.1) is 0 Å². The van der Waals surface area contributed by atoms with Crippen LogP contribution in [0.15, 0.2) is 35.4 Å². The molecular weight excluding hydrogens is 232 g/mol. The fourth-order valence-corrected chi connectivity index (χ4v) is 2.35. The van der Waals surface area contributed by atoms with Gasteiger partial charge in [0, 0.05) is 10.6 Å². The van der Waals surface area contributed by atoms with Crippen LogP contribution in [0.1, 0.15) is 43.1 Å². The lowest BCUT2D eigenvalue weighted by Gasteiger charge is -2.10. The third-order valence-corrected chi connectivity index (χ3v) is 3.58. The van der Waals surface area contributed by atoms with Crippen molar-refractivity contribution in [2.24, 2.45) is 0 Å². The number of ketones is 1. The molecule has 0 radical (unpaired) electrons. The molecule has 0 saturated heterocycles. The first-order valence-electron chi connectivity index (χ1n) is 5.68. The predicted molar refractivity (Wildman–Crippen MR) is 72.4 cm³/mol. The Balaban J connectivity index is 2.58. The van der Waals surface area contributed by atoms with E-state index in [0.29, 0.717) is 5.02 Å². The fourth-order valence-electron chi connectivity index (χ4n) is 2.18. The van der Waals surface area contributed by atoms with Crippen LogP contribution in [0.3, 0.4) is 0 Å². The quantitative estimate of drug-likeness (QED) is 0.694. The molecule has 17 heavy (non-hydrogen) atoms. The van der Waals surface area contributed by atoms with Crippen LogP contribution in [0.5, 0.6) is 0 Å². The lowest BCUT2D eigenvalue weighted by molar-refractivity contribution is 0.101. The number of benzene rings is 1. The smallest absolute Gasteiger partial charge is 0.160 e. The van der Waals surface area contributed by atoms with E-state index in [2.05, 4.69) is 19.9 Å². The summed E-state index contributed by atoms with van der Waals surface area (Å²) < 4.78 is 0. The Kier molecular flexibility index (Phi) is 3.21. The first-order valence-corrected chi connectivity index (χ1v) is 6.06. The Hall–Kier alpha value is -1.34. The molecule has 1 aromatic carbocycles. The van der Waals surface area contributed by atoms with Gasteiger partial charge in [-0.3, -0.25) is 4.79 Å². The second kappa shape index (κ2) is 4.50. The Morgan fingerprint density at radius 1 is 1.29 bits per heavy atom. The van der Waals surface area contributed by atoms with Gasteiger partial charge in [-0.25, -0.2) is 0 Å². The van der Waals surface area contributed by atoms with E-state index in [1.807, 2.05) is 12.1 Å². The summed E-state index contributed by atoms with van der Waals surface area (Å²) in [5.41, 5.74) is 5.55. The maximum absolute atomic E-state index is 11.7. The summed E-state index contributed by atoms with van der Waals surface area (Å²) in [5, 5.41) is 0.611. The predicted octanol–water partition coefficient (Wildman–Crippen LogP) is 4.67. The number of rotatable bonds is 2. The van der Waals surface area contributed by atoms with Crippen LogP contribution in [0.4, 0.5) is 0 Å². The summed E-state index contributed by atoms with van der Waals surface area (Å²) in [6.45, 7) is 5.79. The van der Waals surface area contributed by atoms with Gasteiger partial charge in [0.1, 0.15) is 0 Å². The van der Waals surface area contributed by atoms with Crippen LogP contribution in [0.25, 0.3) is 5.57 Å². The van der Waals surface area contributed by atoms with E-state index < -0.39 is 0 Å². The van der Waals surface area contributed by atoms with E-state index >= 15 is 0 Å². The van der Waals surface area contributed by atoms with E-state index in [4.69, 9.17) is 11.6 Å². The molecule has 1 nitrogen and oxygen atoms in total. The highest BCUT2D eigenvalue weighted by Gasteiger charge is 2.17. The maximum atomic E-state index is 11.7. The van der Waals surface area contributed by atoms with Gasteiger partial charge in [-0.1, -0.05) is 29.3 Å². The number of hydrogen-bond acceptors (Lipinski definition) is 1. The monoisotopic (exact) mass is 246 g/mol. The summed E-state index contributed by atoms with van der Waals surface area (Å²) in [6, 6.07) is 5.55. The van der Waals surface area contributed by atoms with E-state index in [0.717, 1.165) is 17.5 Å². The summed E-state index contributed by atoms with van der Waals surface area (Å²) in [6.07, 6.45) is 3.10. The average molecular weight is 247 g/mol. The topological polar surface area (TPSA) is 17.1 Å². The minimum absolute atomic E-state index is 0.0624. The summed E-state index contributed by atoms with van der Waals surface area (Å²) in [4.78, 5) is 11.7. The summed E-state index contributed by atoms with van der Waals surface area (Å²) in [5.74, 6) is 0.0624. The molecule has 0 amide bonds. The number of allylic oxidation sites excluding steroid dienone is 4. The molecule has 88 valence electrons. The van der Waals surface area contributed by atoms with Gasteiger partial charge in [0.15, 0.2) is 5.78 Å². The zero-order valence-electron chi connectivity index (χ0n) is 10.3. The van der Waals surface area contributed by atoms with Gasteiger partial charge in [-0.05, 0) is 56.0 Å². The van der Waals surface area contributed by atoms with E-state index in [1.54, 1.807) is 13.0 Å². The molecule has 0 bridgehead atoms. The second-order valence-electron chi connectivity index (χ2n) is 4.44. The molecule has 0 heterocycles. The third kappa shape index (κ3) is 2.20. The number of carbonyl (C=O) groups is 1. The first kappa shape index (κ1) is 12.1. The number of hydrogen-bond donors (Lipinski definition) is 0. The molecule has 1 aliphatic rings. The van der Waals surface area contributed by atoms with Gasteiger partial charge < -0.3 is 0 Å². The molecule has 0 unspecified atom stereocenters. The van der Waals surface area contributed by atoms with Crippen molar-refractivity contribution < 1.29 is 4.79 Å². The molecule has 1 aromatic rings. The molecule has 0 aromatic heterocycles. The Labute approximate surface area is 107 Å². The van der Waals surface area contributed by atoms with Crippen LogP contribution >= 0.6 is 11.6 Å². The molecule has 0 atom stereocenters. The van der Waals surface area contributed by atoms with Gasteiger partial charge in [0.05, 0.1) is 0 Å². The number of Topliss-reactive ketones (excluding diaryl/α,β-unsaturated/α-hetero) is 1. The van der Waals surface area contributed by atoms with Crippen molar-refractivity contribution in [2.75, 3.05) is 0 Å². The maximum Gasteiger partial charge on any atom is 0.160 e. The minimum atomic E-state index is 0.0624. The van der Waals surface area contributed by atoms with Crippen molar-refractivity contribution >= 4 is 23.0 Å². The standard InChI is InChI=1S/C15H15ClO/c1-9-4-6-13(10(9)2)14-7-5-12(16)8-15(14)11(3)17/h4-5,7-8H,6H2,1-3H3. The van der Waals surface area contributed by atoms with Crippen molar-refractivity contribution in [1.82, 2.24) is 0 Å². The summed E-state index contributed by atoms with van der Waals surface area (Å²) >= 11 is 5.95. The normalized spacial score (nSPS) is 15.2. The molecular formula is C15H15ClO. The van der Waals surface area contributed by atoms with E-state index in [9.17, 15) is 4.79 Å². The van der Waals surface area contributed by atoms with Crippen molar-refractivity contribution in [2.45, 2.75) is 27.2 Å². The zero-order valence-corrected chi connectivity index (χ0v) is 11.1. The molecule has 0 spiro atoms. The first-order chi connectivity index (χ1) is 8.00. The largest absolute Gasteiger partial charge is 0.294 e. The lowest BCUT2D eigenvalue weighted by Crippen LogP contribution is -1.99. The van der Waals surface area contributed by atoms with Crippen LogP contribution < -0.4 is 0 Å². The highest BCUT2D eigenvalue weighted by molar-refractivity contribution is 6.31. The van der Waals surface area contributed by atoms with Crippen molar-refractivity contribution in [1.29, 1.82) is 0 Å². The Morgan fingerprint density at radius 2 is 2.00 bits per heavy atom. The molecule has 0 N–H and O–H groups in total. The fraction of sp³-hybridized carbons (Fsp3) is 0.267. The molecule has 0 saturated carbocycles. The van der Waals surface area contributed by atoms with Gasteiger partial charge in [-0.15, -0.1) is 0 Å². The third-order valence-electron chi connectivity index (χ3n) is 3.34. The highest BCUT2D eigenvalue weighted by Crippen LogP contribution is 2.35. The van der Waals surface area contributed by atoms with Crippen LogP contribution in [-0.2, 0) is 0 Å².